The molecule has 3 rings (SSSR count). The molecule has 1 aromatic heterocycles. The van der Waals surface area contributed by atoms with Gasteiger partial charge in [0.25, 0.3) is 0 Å². The fraction of sp³-hybridized carbons (Fsp3) is 0.412. The molecule has 0 saturated carbocycles. The lowest BCUT2D eigenvalue weighted by Crippen LogP contribution is -2.24. The first kappa shape index (κ1) is 13.4. The summed E-state index contributed by atoms with van der Waals surface area (Å²) < 4.78 is 11.5. The molecule has 0 spiro atoms. The molecule has 0 radical (unpaired) electrons. The van der Waals surface area contributed by atoms with Crippen LogP contribution < -0.4 is 5.32 Å². The van der Waals surface area contributed by atoms with Gasteiger partial charge in [-0.1, -0.05) is 30.3 Å². The van der Waals surface area contributed by atoms with E-state index in [-0.39, 0.29) is 6.10 Å². The lowest BCUT2D eigenvalue weighted by molar-refractivity contribution is 0.0903. The molecule has 1 aliphatic heterocycles. The van der Waals surface area contributed by atoms with Crippen LogP contribution in [0.3, 0.4) is 0 Å². The largest absolute Gasteiger partial charge is 0.465 e. The molecule has 1 N–H and O–H groups in total. The SMILES string of the molecule is Cc1ccc(CNC[C@H]2CCO[C@@H]2c2ccccc2)o1. The smallest absolute Gasteiger partial charge is 0.117 e. The number of hydrogen-bond donors (Lipinski definition) is 1. The highest BCUT2D eigenvalue weighted by atomic mass is 16.5. The fourth-order valence-electron chi connectivity index (χ4n) is 2.81. The Hall–Kier alpha value is -1.58. The number of hydrogen-bond acceptors (Lipinski definition) is 3. The second-order valence-corrected chi connectivity index (χ2v) is 5.39. The summed E-state index contributed by atoms with van der Waals surface area (Å²) in [6.45, 7) is 4.57. The molecule has 0 bridgehead atoms. The summed E-state index contributed by atoms with van der Waals surface area (Å²) in [7, 11) is 0. The third-order valence-corrected chi connectivity index (χ3v) is 3.84. The normalized spacial score (nSPS) is 22.2. The third kappa shape index (κ3) is 3.11. The molecule has 1 fully saturated rings. The lowest BCUT2D eigenvalue weighted by Gasteiger charge is -2.19. The van der Waals surface area contributed by atoms with Crippen LogP contribution in [0.15, 0.2) is 46.9 Å². The Bertz CT molecular complexity index is 535. The molecule has 0 amide bonds. The summed E-state index contributed by atoms with van der Waals surface area (Å²) in [6.07, 6.45) is 1.34. The van der Waals surface area contributed by atoms with Crippen LogP contribution in [0, 0.1) is 12.8 Å². The van der Waals surface area contributed by atoms with E-state index in [1.165, 1.54) is 5.56 Å². The van der Waals surface area contributed by atoms with E-state index in [1.54, 1.807) is 0 Å². The first-order chi connectivity index (χ1) is 9.83. The molecular formula is C17H21NO2. The van der Waals surface area contributed by atoms with Crippen molar-refractivity contribution in [2.45, 2.75) is 26.0 Å². The lowest BCUT2D eigenvalue weighted by atomic mass is 9.95. The number of nitrogens with one attached hydrogen (secondary N) is 1. The summed E-state index contributed by atoms with van der Waals surface area (Å²) in [5.74, 6) is 2.50. The van der Waals surface area contributed by atoms with Crippen LogP contribution in [-0.4, -0.2) is 13.2 Å². The molecule has 3 nitrogen and oxygen atoms in total. The topological polar surface area (TPSA) is 34.4 Å². The van der Waals surface area contributed by atoms with Crippen molar-refractivity contribution in [2.24, 2.45) is 5.92 Å². The molecule has 0 unspecified atom stereocenters. The van der Waals surface area contributed by atoms with Gasteiger partial charge >= 0.3 is 0 Å². The Balaban J connectivity index is 1.54. The standard InChI is InChI=1S/C17H21NO2/c1-13-7-8-16(20-13)12-18-11-15-9-10-19-17(15)14-5-3-2-4-6-14/h2-8,15,17-18H,9-12H2,1H3/t15-,17-/m1/s1. The van der Waals surface area contributed by atoms with E-state index in [0.717, 1.165) is 37.6 Å². The Labute approximate surface area is 119 Å². The molecule has 0 aliphatic carbocycles. The van der Waals surface area contributed by atoms with Crippen molar-refractivity contribution < 1.29 is 9.15 Å². The molecule has 1 saturated heterocycles. The van der Waals surface area contributed by atoms with Crippen molar-refractivity contribution in [2.75, 3.05) is 13.2 Å². The maximum Gasteiger partial charge on any atom is 0.117 e. The average Bonchev–Trinajstić information content (AvgIpc) is 3.09. The van der Waals surface area contributed by atoms with Gasteiger partial charge in [0.2, 0.25) is 0 Å². The van der Waals surface area contributed by atoms with E-state index in [0.29, 0.717) is 5.92 Å². The van der Waals surface area contributed by atoms with Gasteiger partial charge < -0.3 is 14.5 Å². The van der Waals surface area contributed by atoms with E-state index in [1.807, 2.05) is 25.1 Å². The van der Waals surface area contributed by atoms with Crippen LogP contribution in [0.5, 0.6) is 0 Å². The van der Waals surface area contributed by atoms with Gasteiger partial charge in [-0.15, -0.1) is 0 Å². The van der Waals surface area contributed by atoms with Crippen molar-refractivity contribution in [3.63, 3.8) is 0 Å². The van der Waals surface area contributed by atoms with E-state index in [9.17, 15) is 0 Å². The first-order valence-corrected chi connectivity index (χ1v) is 7.25. The van der Waals surface area contributed by atoms with Gasteiger partial charge in [-0.2, -0.15) is 0 Å². The Morgan fingerprint density at radius 1 is 1.15 bits per heavy atom. The summed E-state index contributed by atoms with van der Waals surface area (Å²) >= 11 is 0. The third-order valence-electron chi connectivity index (χ3n) is 3.84. The minimum absolute atomic E-state index is 0.224. The maximum absolute atomic E-state index is 5.90. The van der Waals surface area contributed by atoms with Crippen molar-refractivity contribution in [1.82, 2.24) is 5.32 Å². The molecule has 2 aromatic rings. The zero-order chi connectivity index (χ0) is 13.8. The van der Waals surface area contributed by atoms with Crippen molar-refractivity contribution in [1.29, 1.82) is 0 Å². The van der Waals surface area contributed by atoms with E-state index in [4.69, 9.17) is 9.15 Å². The molecule has 1 aliphatic rings. The highest BCUT2D eigenvalue weighted by Gasteiger charge is 2.29. The van der Waals surface area contributed by atoms with Gasteiger partial charge in [-0.25, -0.2) is 0 Å². The van der Waals surface area contributed by atoms with Crippen LogP contribution >= 0.6 is 0 Å². The quantitative estimate of drug-likeness (QED) is 0.904. The number of furan rings is 1. The van der Waals surface area contributed by atoms with Gasteiger partial charge in [0, 0.05) is 19.1 Å². The first-order valence-electron chi connectivity index (χ1n) is 7.25. The Kier molecular flexibility index (Phi) is 4.19. The van der Waals surface area contributed by atoms with Crippen LogP contribution in [0.25, 0.3) is 0 Å². The number of ether oxygens (including phenoxy) is 1. The molecule has 20 heavy (non-hydrogen) atoms. The number of rotatable bonds is 5. The summed E-state index contributed by atoms with van der Waals surface area (Å²) in [4.78, 5) is 0. The zero-order valence-electron chi connectivity index (χ0n) is 11.8. The molecule has 3 heteroatoms. The molecule has 2 heterocycles. The zero-order valence-corrected chi connectivity index (χ0v) is 11.8. The monoisotopic (exact) mass is 271 g/mol. The van der Waals surface area contributed by atoms with Gasteiger partial charge in [-0.05, 0) is 31.0 Å². The van der Waals surface area contributed by atoms with Crippen LogP contribution in [0.2, 0.25) is 0 Å². The predicted molar refractivity (Wildman–Crippen MR) is 78.4 cm³/mol. The Morgan fingerprint density at radius 3 is 2.75 bits per heavy atom. The second kappa shape index (κ2) is 6.25. The van der Waals surface area contributed by atoms with Gasteiger partial charge in [0.1, 0.15) is 11.5 Å². The maximum atomic E-state index is 5.90. The van der Waals surface area contributed by atoms with Gasteiger partial charge in [0.05, 0.1) is 12.6 Å². The predicted octanol–water partition coefficient (Wildman–Crippen LogP) is 3.46. The minimum Gasteiger partial charge on any atom is -0.465 e. The average molecular weight is 271 g/mol. The van der Waals surface area contributed by atoms with Crippen molar-refractivity contribution in [3.05, 3.63) is 59.5 Å². The van der Waals surface area contributed by atoms with Crippen LogP contribution in [0.4, 0.5) is 0 Å². The van der Waals surface area contributed by atoms with Gasteiger partial charge in [-0.3, -0.25) is 0 Å². The number of benzene rings is 1. The Morgan fingerprint density at radius 2 is 2.00 bits per heavy atom. The fourth-order valence-corrected chi connectivity index (χ4v) is 2.81. The van der Waals surface area contributed by atoms with Crippen molar-refractivity contribution >= 4 is 0 Å². The minimum atomic E-state index is 0.224. The van der Waals surface area contributed by atoms with E-state index >= 15 is 0 Å². The highest BCUT2D eigenvalue weighted by molar-refractivity contribution is 5.19. The van der Waals surface area contributed by atoms with E-state index in [2.05, 4.69) is 29.6 Å². The summed E-state index contributed by atoms with van der Waals surface area (Å²) in [6, 6.07) is 14.5. The molecule has 1 aromatic carbocycles. The van der Waals surface area contributed by atoms with Gasteiger partial charge in [0.15, 0.2) is 0 Å². The molecule has 2 atom stereocenters. The summed E-state index contributed by atoms with van der Waals surface area (Å²) in [5.41, 5.74) is 1.28. The molecular weight excluding hydrogens is 250 g/mol. The van der Waals surface area contributed by atoms with Crippen molar-refractivity contribution in [3.8, 4) is 0 Å². The van der Waals surface area contributed by atoms with Crippen LogP contribution in [0.1, 0.15) is 29.6 Å². The van der Waals surface area contributed by atoms with E-state index < -0.39 is 0 Å². The van der Waals surface area contributed by atoms with Crippen LogP contribution in [-0.2, 0) is 11.3 Å². The molecule has 106 valence electrons. The number of aryl methyl sites for hydroxylation is 1. The highest BCUT2D eigenvalue weighted by Crippen LogP contribution is 2.33. The summed E-state index contributed by atoms with van der Waals surface area (Å²) in [5, 5.41) is 3.48. The second-order valence-electron chi connectivity index (χ2n) is 5.39.